The van der Waals surface area contributed by atoms with Gasteiger partial charge in [0.15, 0.2) is 5.96 Å². The van der Waals surface area contributed by atoms with Gasteiger partial charge < -0.3 is 10.2 Å². The summed E-state index contributed by atoms with van der Waals surface area (Å²) in [5, 5.41) is 3.48. The van der Waals surface area contributed by atoms with Crippen molar-refractivity contribution in [3.63, 3.8) is 0 Å². The van der Waals surface area contributed by atoms with Crippen LogP contribution < -0.4 is 5.32 Å². The molecule has 0 bridgehead atoms. The fourth-order valence-electron chi connectivity index (χ4n) is 3.88. The second-order valence-corrected chi connectivity index (χ2v) is 6.94. The first-order valence-corrected chi connectivity index (χ1v) is 9.66. The Bertz CT molecular complexity index is 554. The van der Waals surface area contributed by atoms with Gasteiger partial charge in [0.05, 0.1) is 6.54 Å². The summed E-state index contributed by atoms with van der Waals surface area (Å²) in [5.74, 6) is 1.12. The maximum Gasteiger partial charge on any atom is 0.193 e. The zero-order chi connectivity index (χ0) is 16.8. The number of rotatable bonds is 5. The molecule has 1 unspecified atom stereocenters. The van der Waals surface area contributed by atoms with Crippen LogP contribution in [0, 0.1) is 0 Å². The first-order chi connectivity index (χ1) is 11.8. The van der Waals surface area contributed by atoms with Crippen LogP contribution in [0.5, 0.6) is 0 Å². The van der Waals surface area contributed by atoms with E-state index in [4.69, 9.17) is 4.99 Å². The second kappa shape index (κ2) is 10.4. The fraction of sp³-hybridized carbons (Fsp3) is 0.650. The van der Waals surface area contributed by atoms with Crippen LogP contribution in [0.25, 0.3) is 0 Å². The quantitative estimate of drug-likeness (QED) is 0.418. The number of nitrogens with zero attached hydrogens (tertiary/aromatic N) is 3. The van der Waals surface area contributed by atoms with Gasteiger partial charge in [0.2, 0.25) is 0 Å². The third kappa shape index (κ3) is 5.33. The zero-order valence-electron chi connectivity index (χ0n) is 15.7. The summed E-state index contributed by atoms with van der Waals surface area (Å²) < 4.78 is 0. The Labute approximate surface area is 170 Å². The van der Waals surface area contributed by atoms with Crippen molar-refractivity contribution in [1.29, 1.82) is 0 Å². The van der Waals surface area contributed by atoms with E-state index in [-0.39, 0.29) is 24.0 Å². The molecule has 0 saturated carbocycles. The minimum atomic E-state index is 0. The lowest BCUT2D eigenvalue weighted by atomic mass is 9.98. The van der Waals surface area contributed by atoms with E-state index in [1.54, 1.807) is 0 Å². The van der Waals surface area contributed by atoms with E-state index in [1.807, 2.05) is 0 Å². The summed E-state index contributed by atoms with van der Waals surface area (Å²) in [6.45, 7) is 10.8. The molecule has 0 radical (unpaired) electrons. The molecule has 1 aromatic carbocycles. The molecular formula is C20H33IN4. The Morgan fingerprint density at radius 3 is 2.52 bits per heavy atom. The van der Waals surface area contributed by atoms with Gasteiger partial charge in [-0.15, -0.1) is 24.0 Å². The molecule has 1 fully saturated rings. The van der Waals surface area contributed by atoms with Gasteiger partial charge in [0.25, 0.3) is 0 Å². The average Bonchev–Trinajstić information content (AvgIpc) is 3.15. The molecule has 3 rings (SSSR count). The molecule has 0 spiro atoms. The number of nitrogens with one attached hydrogen (secondary N) is 1. The van der Waals surface area contributed by atoms with Gasteiger partial charge in [0, 0.05) is 38.8 Å². The Morgan fingerprint density at radius 2 is 1.84 bits per heavy atom. The lowest BCUT2D eigenvalue weighted by Crippen LogP contribution is -2.43. The monoisotopic (exact) mass is 456 g/mol. The highest BCUT2D eigenvalue weighted by Gasteiger charge is 2.23. The number of likely N-dealkylation sites (tertiary alicyclic amines) is 1. The largest absolute Gasteiger partial charge is 0.357 e. The number of hydrogen-bond acceptors (Lipinski definition) is 2. The van der Waals surface area contributed by atoms with Crippen molar-refractivity contribution in [2.45, 2.75) is 52.1 Å². The molecule has 2 aliphatic rings. The Kier molecular flexibility index (Phi) is 8.49. The molecule has 5 heteroatoms. The maximum atomic E-state index is 4.99. The highest BCUT2D eigenvalue weighted by atomic mass is 127. The van der Waals surface area contributed by atoms with Gasteiger partial charge in [-0.3, -0.25) is 9.89 Å². The van der Waals surface area contributed by atoms with Gasteiger partial charge in [-0.25, -0.2) is 0 Å². The van der Waals surface area contributed by atoms with Gasteiger partial charge in [0.1, 0.15) is 0 Å². The van der Waals surface area contributed by atoms with Crippen LogP contribution in [0.2, 0.25) is 0 Å². The molecule has 0 aliphatic carbocycles. The molecule has 1 atom stereocenters. The number of benzene rings is 1. The van der Waals surface area contributed by atoms with E-state index in [2.05, 4.69) is 53.2 Å². The second-order valence-electron chi connectivity index (χ2n) is 6.94. The highest BCUT2D eigenvalue weighted by molar-refractivity contribution is 14.0. The minimum Gasteiger partial charge on any atom is -0.357 e. The van der Waals surface area contributed by atoms with Crippen LogP contribution >= 0.6 is 24.0 Å². The molecule has 2 aliphatic heterocycles. The summed E-state index contributed by atoms with van der Waals surface area (Å²) in [7, 11) is 0. The first kappa shape index (κ1) is 20.5. The van der Waals surface area contributed by atoms with E-state index in [9.17, 15) is 0 Å². The summed E-state index contributed by atoms with van der Waals surface area (Å²) in [5.41, 5.74) is 3.02. The van der Waals surface area contributed by atoms with Crippen LogP contribution in [0.3, 0.4) is 0 Å². The smallest absolute Gasteiger partial charge is 0.193 e. The van der Waals surface area contributed by atoms with Crippen molar-refractivity contribution in [2.75, 3.05) is 32.7 Å². The van der Waals surface area contributed by atoms with Crippen molar-refractivity contribution in [3.8, 4) is 0 Å². The van der Waals surface area contributed by atoms with E-state index >= 15 is 0 Å². The standard InChI is InChI=1S/C20H32N4.HI/c1-3-19(15-22-20(21-4-2)23-12-7-8-13-23)24-14-11-17-9-5-6-10-18(17)16-24;/h5-6,9-10,19H,3-4,7-8,11-16H2,1-2H3,(H,21,22);1H. The summed E-state index contributed by atoms with van der Waals surface area (Å²) in [6, 6.07) is 9.43. The van der Waals surface area contributed by atoms with Crippen LogP contribution in [0.1, 0.15) is 44.2 Å². The third-order valence-corrected chi connectivity index (χ3v) is 5.34. The number of fused-ring (bicyclic) bond motifs is 1. The first-order valence-electron chi connectivity index (χ1n) is 9.66. The Morgan fingerprint density at radius 1 is 1.12 bits per heavy atom. The van der Waals surface area contributed by atoms with E-state index in [0.29, 0.717) is 6.04 Å². The molecule has 140 valence electrons. The average molecular weight is 456 g/mol. The lowest BCUT2D eigenvalue weighted by molar-refractivity contribution is 0.178. The third-order valence-electron chi connectivity index (χ3n) is 5.34. The predicted molar refractivity (Wildman–Crippen MR) is 117 cm³/mol. The molecule has 0 aromatic heterocycles. The topological polar surface area (TPSA) is 30.9 Å². The van der Waals surface area contributed by atoms with Gasteiger partial charge in [-0.2, -0.15) is 0 Å². The van der Waals surface area contributed by atoms with Crippen molar-refractivity contribution in [3.05, 3.63) is 35.4 Å². The number of aliphatic imine (C=N–C) groups is 1. The SMILES string of the molecule is CCNC(=NCC(CC)N1CCc2ccccc2C1)N1CCCC1.I. The number of halogens is 1. The van der Waals surface area contributed by atoms with Crippen molar-refractivity contribution < 1.29 is 0 Å². The van der Waals surface area contributed by atoms with E-state index in [1.165, 1.54) is 30.4 Å². The molecule has 2 heterocycles. The van der Waals surface area contributed by atoms with Crippen molar-refractivity contribution >= 4 is 29.9 Å². The molecule has 4 nitrogen and oxygen atoms in total. The molecule has 1 N–H and O–H groups in total. The number of hydrogen-bond donors (Lipinski definition) is 1. The zero-order valence-corrected chi connectivity index (χ0v) is 18.0. The van der Waals surface area contributed by atoms with Crippen LogP contribution in [0.4, 0.5) is 0 Å². The van der Waals surface area contributed by atoms with Crippen LogP contribution in [0.15, 0.2) is 29.3 Å². The summed E-state index contributed by atoms with van der Waals surface area (Å²) in [6.07, 6.45) is 4.92. The van der Waals surface area contributed by atoms with Crippen LogP contribution in [-0.4, -0.2) is 54.5 Å². The van der Waals surface area contributed by atoms with Gasteiger partial charge >= 0.3 is 0 Å². The van der Waals surface area contributed by atoms with E-state index in [0.717, 1.165) is 51.6 Å². The highest BCUT2D eigenvalue weighted by Crippen LogP contribution is 2.21. The minimum absolute atomic E-state index is 0. The molecular weight excluding hydrogens is 423 g/mol. The van der Waals surface area contributed by atoms with E-state index < -0.39 is 0 Å². The maximum absolute atomic E-state index is 4.99. The normalized spacial score (nSPS) is 19.3. The fourth-order valence-corrected chi connectivity index (χ4v) is 3.88. The number of guanidine groups is 1. The summed E-state index contributed by atoms with van der Waals surface area (Å²) in [4.78, 5) is 10.0. The lowest BCUT2D eigenvalue weighted by Gasteiger charge is -2.34. The molecule has 1 saturated heterocycles. The predicted octanol–water partition coefficient (Wildman–Crippen LogP) is 3.50. The molecule has 1 aromatic rings. The Balaban J connectivity index is 0.00000225. The molecule has 0 amide bonds. The molecule has 25 heavy (non-hydrogen) atoms. The summed E-state index contributed by atoms with van der Waals surface area (Å²) >= 11 is 0. The van der Waals surface area contributed by atoms with Crippen LogP contribution in [-0.2, 0) is 13.0 Å². The Hall–Kier alpha value is -0.820. The van der Waals surface area contributed by atoms with Gasteiger partial charge in [-0.1, -0.05) is 31.2 Å². The van der Waals surface area contributed by atoms with Crippen molar-refractivity contribution in [2.24, 2.45) is 4.99 Å². The van der Waals surface area contributed by atoms with Gasteiger partial charge in [-0.05, 0) is 43.7 Å². The van der Waals surface area contributed by atoms with Crippen molar-refractivity contribution in [1.82, 2.24) is 15.1 Å².